The van der Waals surface area contributed by atoms with E-state index in [4.69, 9.17) is 11.6 Å². The Balaban J connectivity index is 1.66. The van der Waals surface area contributed by atoms with Crippen molar-refractivity contribution in [1.29, 1.82) is 0 Å². The van der Waals surface area contributed by atoms with Crippen LogP contribution in [-0.4, -0.2) is 52.7 Å². The van der Waals surface area contributed by atoms with E-state index in [1.165, 1.54) is 34.3 Å². The molecule has 1 aliphatic heterocycles. The second kappa shape index (κ2) is 10.6. The maximum atomic E-state index is 13.0. The van der Waals surface area contributed by atoms with Crippen LogP contribution in [0, 0.1) is 0 Å². The molecule has 1 fully saturated rings. The summed E-state index contributed by atoms with van der Waals surface area (Å²) >= 11 is 7.40. The number of amides is 1. The maximum absolute atomic E-state index is 13.0. The highest BCUT2D eigenvalue weighted by atomic mass is 35.5. The van der Waals surface area contributed by atoms with Crippen LogP contribution in [-0.2, 0) is 21.2 Å². The van der Waals surface area contributed by atoms with Crippen molar-refractivity contribution in [3.63, 3.8) is 0 Å². The number of halogens is 1. The third-order valence-electron chi connectivity index (χ3n) is 4.75. The van der Waals surface area contributed by atoms with E-state index >= 15 is 0 Å². The number of anilines is 1. The molecule has 30 heavy (non-hydrogen) atoms. The van der Waals surface area contributed by atoms with Gasteiger partial charge in [0.2, 0.25) is 21.1 Å². The number of rotatable bonds is 8. The number of sulfonamides is 1. The lowest BCUT2D eigenvalue weighted by molar-refractivity contribution is -0.113. The van der Waals surface area contributed by atoms with Crippen LogP contribution in [0.3, 0.4) is 0 Å². The molecule has 0 radical (unpaired) electrons. The van der Waals surface area contributed by atoms with Gasteiger partial charge in [-0.15, -0.1) is 5.10 Å². The molecular weight excluding hydrogens is 446 g/mol. The van der Waals surface area contributed by atoms with Gasteiger partial charge in [-0.25, -0.2) is 13.4 Å². The molecule has 0 atom stereocenters. The van der Waals surface area contributed by atoms with Crippen molar-refractivity contribution >= 4 is 45.0 Å². The summed E-state index contributed by atoms with van der Waals surface area (Å²) in [6.07, 6.45) is 5.54. The molecule has 1 aromatic heterocycles. The summed E-state index contributed by atoms with van der Waals surface area (Å²) in [6.45, 7) is 3.08. The average molecular weight is 472 g/mol. The zero-order valence-corrected chi connectivity index (χ0v) is 19.2. The third kappa shape index (κ3) is 5.96. The lowest BCUT2D eigenvalue weighted by Gasteiger charge is -2.20. The molecule has 11 heteroatoms. The van der Waals surface area contributed by atoms with Gasteiger partial charge in [-0.2, -0.15) is 4.31 Å². The molecule has 1 aromatic carbocycles. The summed E-state index contributed by atoms with van der Waals surface area (Å²) < 4.78 is 27.5. The molecule has 0 spiro atoms. The van der Waals surface area contributed by atoms with Crippen LogP contribution in [0.5, 0.6) is 0 Å². The Hall–Kier alpha value is -1.62. The van der Waals surface area contributed by atoms with Crippen molar-refractivity contribution in [1.82, 2.24) is 19.5 Å². The molecule has 1 amide bonds. The van der Waals surface area contributed by atoms with E-state index in [2.05, 4.69) is 20.5 Å². The van der Waals surface area contributed by atoms with Crippen LogP contribution >= 0.6 is 23.4 Å². The molecule has 1 saturated heterocycles. The Morgan fingerprint density at radius 2 is 2.00 bits per heavy atom. The van der Waals surface area contributed by atoms with Crippen molar-refractivity contribution in [2.45, 2.75) is 55.5 Å². The number of carbonyl (C=O) groups excluding carboxylic acids is 1. The predicted molar refractivity (Wildman–Crippen MR) is 118 cm³/mol. The van der Waals surface area contributed by atoms with Crippen molar-refractivity contribution in [2.24, 2.45) is 0 Å². The molecule has 2 heterocycles. The first-order valence-electron chi connectivity index (χ1n) is 10.0. The minimum atomic E-state index is -3.62. The molecule has 2 N–H and O–H groups in total. The quantitative estimate of drug-likeness (QED) is 0.568. The molecule has 0 unspecified atom stereocenters. The number of carbonyl (C=O) groups is 1. The Morgan fingerprint density at radius 3 is 2.70 bits per heavy atom. The number of hydrogen-bond acceptors (Lipinski definition) is 6. The van der Waals surface area contributed by atoms with E-state index in [0.717, 1.165) is 44.3 Å². The molecule has 0 bridgehead atoms. The van der Waals surface area contributed by atoms with Gasteiger partial charge in [0.05, 0.1) is 21.4 Å². The predicted octanol–water partition coefficient (Wildman–Crippen LogP) is 3.71. The zero-order valence-electron chi connectivity index (χ0n) is 16.9. The van der Waals surface area contributed by atoms with E-state index in [-0.39, 0.29) is 27.3 Å². The van der Waals surface area contributed by atoms with Gasteiger partial charge in [-0.3, -0.25) is 9.89 Å². The smallest absolute Gasteiger partial charge is 0.243 e. The molecular formula is C19H26ClN5O3S2. The number of aromatic nitrogens is 3. The SMILES string of the molecule is CCCc1nc(SCC(=O)Nc2cc(S(=O)(=O)N3CCCCCC3)ccc2Cl)n[nH]1. The number of aromatic amines is 1. The number of aryl methyl sites for hydroxylation is 1. The van der Waals surface area contributed by atoms with Crippen LogP contribution in [0.15, 0.2) is 28.3 Å². The van der Waals surface area contributed by atoms with E-state index < -0.39 is 10.0 Å². The first-order chi connectivity index (χ1) is 14.4. The topological polar surface area (TPSA) is 108 Å². The highest BCUT2D eigenvalue weighted by molar-refractivity contribution is 7.99. The first-order valence-corrected chi connectivity index (χ1v) is 12.8. The monoisotopic (exact) mass is 471 g/mol. The Bertz CT molecular complexity index is 972. The van der Waals surface area contributed by atoms with E-state index in [1.54, 1.807) is 0 Å². The molecule has 0 saturated carbocycles. The molecule has 164 valence electrons. The second-order valence-corrected chi connectivity index (χ2v) is 10.4. The summed E-state index contributed by atoms with van der Waals surface area (Å²) in [5.74, 6) is 0.561. The summed E-state index contributed by atoms with van der Waals surface area (Å²) in [5, 5.41) is 10.4. The molecule has 0 aliphatic carbocycles. The van der Waals surface area contributed by atoms with Crippen molar-refractivity contribution < 1.29 is 13.2 Å². The van der Waals surface area contributed by atoms with Crippen molar-refractivity contribution in [2.75, 3.05) is 24.2 Å². The van der Waals surface area contributed by atoms with Gasteiger partial charge >= 0.3 is 0 Å². The van der Waals surface area contributed by atoms with Crippen LogP contribution in [0.4, 0.5) is 5.69 Å². The van der Waals surface area contributed by atoms with Crippen LogP contribution in [0.25, 0.3) is 0 Å². The fraction of sp³-hybridized carbons (Fsp3) is 0.526. The van der Waals surface area contributed by atoms with Gasteiger partial charge in [0.1, 0.15) is 5.82 Å². The lowest BCUT2D eigenvalue weighted by Crippen LogP contribution is -2.32. The first kappa shape index (κ1) is 23.1. The number of nitrogens with zero attached hydrogens (tertiary/aromatic N) is 3. The van der Waals surface area contributed by atoms with Gasteiger partial charge in [-0.1, -0.05) is 43.1 Å². The largest absolute Gasteiger partial charge is 0.324 e. The van der Waals surface area contributed by atoms with Gasteiger partial charge in [0.25, 0.3) is 0 Å². The van der Waals surface area contributed by atoms with Crippen LogP contribution in [0.1, 0.15) is 44.9 Å². The number of thioether (sulfide) groups is 1. The summed E-state index contributed by atoms with van der Waals surface area (Å²) in [7, 11) is -3.62. The molecule has 3 rings (SSSR count). The van der Waals surface area contributed by atoms with E-state index in [0.29, 0.717) is 18.2 Å². The number of benzene rings is 1. The number of H-pyrrole nitrogens is 1. The number of nitrogens with one attached hydrogen (secondary N) is 2. The minimum absolute atomic E-state index is 0.0862. The Kier molecular flexibility index (Phi) is 8.15. The average Bonchev–Trinajstić information content (AvgIpc) is 2.98. The van der Waals surface area contributed by atoms with Crippen molar-refractivity contribution in [3.05, 3.63) is 29.0 Å². The lowest BCUT2D eigenvalue weighted by atomic mass is 10.2. The van der Waals surface area contributed by atoms with Crippen molar-refractivity contribution in [3.8, 4) is 0 Å². The Morgan fingerprint density at radius 1 is 1.27 bits per heavy atom. The highest BCUT2D eigenvalue weighted by Gasteiger charge is 2.26. The standard InChI is InChI=1S/C19H26ClN5O3S2/c1-2-7-17-22-19(24-23-17)29-13-18(26)21-16-12-14(8-9-15(16)20)30(27,28)25-10-5-3-4-6-11-25/h8-9,12H,2-7,10-11,13H2,1H3,(H,21,26)(H,22,23,24). The fourth-order valence-electron chi connectivity index (χ4n) is 3.20. The minimum Gasteiger partial charge on any atom is -0.324 e. The normalized spacial score (nSPS) is 15.7. The fourth-order valence-corrected chi connectivity index (χ4v) is 5.53. The van der Waals surface area contributed by atoms with Gasteiger partial charge < -0.3 is 5.32 Å². The highest BCUT2D eigenvalue weighted by Crippen LogP contribution is 2.28. The third-order valence-corrected chi connectivity index (χ3v) is 7.82. The van der Waals surface area contributed by atoms with Gasteiger partial charge in [0.15, 0.2) is 0 Å². The summed E-state index contributed by atoms with van der Waals surface area (Å²) in [6, 6.07) is 4.41. The van der Waals surface area contributed by atoms with Gasteiger partial charge in [0, 0.05) is 19.5 Å². The maximum Gasteiger partial charge on any atom is 0.243 e. The van der Waals surface area contributed by atoms with E-state index in [1.807, 2.05) is 6.92 Å². The number of hydrogen-bond donors (Lipinski definition) is 2. The summed E-state index contributed by atoms with van der Waals surface area (Å²) in [5.41, 5.74) is 0.278. The molecule has 1 aliphatic rings. The zero-order chi connectivity index (χ0) is 21.6. The van der Waals surface area contributed by atoms with Crippen LogP contribution in [0.2, 0.25) is 5.02 Å². The van der Waals surface area contributed by atoms with Gasteiger partial charge in [-0.05, 0) is 37.5 Å². The molecule has 8 nitrogen and oxygen atoms in total. The Labute approximate surface area is 186 Å². The van der Waals surface area contributed by atoms with E-state index in [9.17, 15) is 13.2 Å². The van der Waals surface area contributed by atoms with Crippen LogP contribution < -0.4 is 5.32 Å². The summed E-state index contributed by atoms with van der Waals surface area (Å²) in [4.78, 5) is 16.8. The second-order valence-electron chi connectivity index (χ2n) is 7.11. The molecule has 2 aromatic rings.